The molecule has 1 aliphatic rings. The number of methoxy groups -OCH3 is 2. The average Bonchev–Trinajstić information content (AvgIpc) is 3.40. The van der Waals surface area contributed by atoms with E-state index in [-0.39, 0.29) is 5.54 Å². The molecule has 0 radical (unpaired) electrons. The Hall–Kier alpha value is -3.24. The van der Waals surface area contributed by atoms with Gasteiger partial charge in [0.15, 0.2) is 5.88 Å². The van der Waals surface area contributed by atoms with E-state index in [1.807, 2.05) is 34.7 Å². The molecule has 162 valence electrons. The van der Waals surface area contributed by atoms with Crippen molar-refractivity contribution in [3.8, 4) is 34.7 Å². The fourth-order valence-corrected chi connectivity index (χ4v) is 4.46. The highest BCUT2D eigenvalue weighted by atomic mass is 16.5. The van der Waals surface area contributed by atoms with Crippen molar-refractivity contribution in [3.63, 3.8) is 0 Å². The lowest BCUT2D eigenvalue weighted by Crippen LogP contribution is -2.43. The largest absolute Gasteiger partial charge is 0.495 e. The molecular weight excluding hydrogens is 392 g/mol. The minimum Gasteiger partial charge on any atom is -0.495 e. The number of hydrogen-bond acceptors (Lipinski definition) is 6. The van der Waals surface area contributed by atoms with Gasteiger partial charge in [0.2, 0.25) is 0 Å². The van der Waals surface area contributed by atoms with Gasteiger partial charge in [0.05, 0.1) is 31.6 Å². The number of hydrogen-bond donors (Lipinski definition) is 1. The fourth-order valence-electron chi connectivity index (χ4n) is 4.46. The van der Waals surface area contributed by atoms with Crippen molar-refractivity contribution in [2.75, 3.05) is 20.8 Å². The fraction of sp³-hybridized carbons (Fsp3) is 0.417. The third-order valence-electron chi connectivity index (χ3n) is 6.23. The molecule has 2 N–H and O–H groups in total. The van der Waals surface area contributed by atoms with Gasteiger partial charge in [0.25, 0.3) is 0 Å². The van der Waals surface area contributed by atoms with Crippen molar-refractivity contribution < 1.29 is 14.2 Å². The van der Waals surface area contributed by atoms with Gasteiger partial charge in [-0.25, -0.2) is 4.98 Å². The molecule has 2 aromatic heterocycles. The molecule has 0 spiro atoms. The van der Waals surface area contributed by atoms with Gasteiger partial charge in [-0.1, -0.05) is 19.4 Å². The van der Waals surface area contributed by atoms with E-state index in [0.29, 0.717) is 35.5 Å². The third kappa shape index (κ3) is 3.91. The number of nitriles is 1. The Morgan fingerprint density at radius 3 is 2.74 bits per heavy atom. The van der Waals surface area contributed by atoms with E-state index in [1.165, 1.54) is 0 Å². The Balaban J connectivity index is 1.74. The maximum Gasteiger partial charge on any atom is 0.199 e. The summed E-state index contributed by atoms with van der Waals surface area (Å²) in [5, 5.41) is 9.76. The molecule has 0 aliphatic heterocycles. The molecule has 0 saturated heterocycles. The summed E-state index contributed by atoms with van der Waals surface area (Å²) in [7, 11) is 3.17. The van der Waals surface area contributed by atoms with Crippen molar-refractivity contribution in [1.29, 1.82) is 5.26 Å². The molecule has 0 unspecified atom stereocenters. The van der Waals surface area contributed by atoms with Gasteiger partial charge in [-0.3, -0.25) is 4.40 Å². The highest BCUT2D eigenvalue weighted by Crippen LogP contribution is 2.38. The molecule has 4 rings (SSSR count). The van der Waals surface area contributed by atoms with Crippen LogP contribution < -0.4 is 19.9 Å². The molecule has 0 bridgehead atoms. The molecule has 7 nitrogen and oxygen atoms in total. The third-order valence-corrected chi connectivity index (χ3v) is 6.23. The SMILES string of the molecule is CC[C@@H]1CC[C@@](N)(COc2cc(-c3cnc4cccc(OC)n34)cc(OC)c2C#N)C1. The van der Waals surface area contributed by atoms with E-state index in [9.17, 15) is 5.26 Å². The number of benzene rings is 1. The number of rotatable bonds is 7. The van der Waals surface area contributed by atoms with Gasteiger partial charge in [-0.15, -0.1) is 0 Å². The number of nitrogens with two attached hydrogens (primary N) is 1. The monoisotopic (exact) mass is 420 g/mol. The molecule has 1 aliphatic carbocycles. The molecule has 2 heterocycles. The first-order valence-corrected chi connectivity index (χ1v) is 10.6. The lowest BCUT2D eigenvalue weighted by Gasteiger charge is -2.25. The van der Waals surface area contributed by atoms with Gasteiger partial charge >= 0.3 is 0 Å². The molecule has 1 aromatic carbocycles. The minimum absolute atomic E-state index is 0.362. The second kappa shape index (κ2) is 8.48. The van der Waals surface area contributed by atoms with Crippen molar-refractivity contribution >= 4 is 5.65 Å². The molecule has 2 atom stereocenters. The van der Waals surface area contributed by atoms with Gasteiger partial charge in [-0.05, 0) is 49.4 Å². The van der Waals surface area contributed by atoms with Crippen LogP contribution in [0.3, 0.4) is 0 Å². The smallest absolute Gasteiger partial charge is 0.199 e. The number of fused-ring (bicyclic) bond motifs is 1. The van der Waals surface area contributed by atoms with Crippen LogP contribution in [0.1, 0.15) is 38.2 Å². The highest BCUT2D eigenvalue weighted by Gasteiger charge is 2.36. The topological polar surface area (TPSA) is 94.8 Å². The number of aromatic nitrogens is 2. The summed E-state index contributed by atoms with van der Waals surface area (Å²) in [4.78, 5) is 4.49. The van der Waals surface area contributed by atoms with E-state index in [1.54, 1.807) is 20.4 Å². The summed E-state index contributed by atoms with van der Waals surface area (Å²) in [6.07, 6.45) is 5.88. The van der Waals surface area contributed by atoms with E-state index < -0.39 is 0 Å². The maximum atomic E-state index is 9.76. The van der Waals surface area contributed by atoms with E-state index in [2.05, 4.69) is 18.0 Å². The first-order chi connectivity index (χ1) is 15.0. The summed E-state index contributed by atoms with van der Waals surface area (Å²) >= 11 is 0. The lowest BCUT2D eigenvalue weighted by atomic mass is 9.97. The number of imidazole rings is 1. The first kappa shape index (κ1) is 21.0. The molecule has 31 heavy (non-hydrogen) atoms. The second-order valence-corrected chi connectivity index (χ2v) is 8.24. The summed E-state index contributed by atoms with van der Waals surface area (Å²) < 4.78 is 19.1. The van der Waals surface area contributed by atoms with Gasteiger partial charge in [-0.2, -0.15) is 5.26 Å². The predicted molar refractivity (Wildman–Crippen MR) is 118 cm³/mol. The van der Waals surface area contributed by atoms with Crippen LogP contribution in [-0.4, -0.2) is 35.8 Å². The van der Waals surface area contributed by atoms with Crippen LogP contribution in [-0.2, 0) is 0 Å². The number of pyridine rings is 1. The Bertz CT molecular complexity index is 1130. The van der Waals surface area contributed by atoms with Gasteiger partial charge in [0, 0.05) is 5.56 Å². The van der Waals surface area contributed by atoms with Crippen molar-refractivity contribution in [1.82, 2.24) is 9.38 Å². The Morgan fingerprint density at radius 2 is 2.06 bits per heavy atom. The maximum absolute atomic E-state index is 9.76. The van der Waals surface area contributed by atoms with Crippen molar-refractivity contribution in [2.45, 2.75) is 38.1 Å². The molecule has 3 aromatic rings. The van der Waals surface area contributed by atoms with Crippen LogP contribution in [0, 0.1) is 17.2 Å². The molecule has 0 amide bonds. The molecular formula is C24H28N4O3. The zero-order chi connectivity index (χ0) is 22.0. The molecule has 7 heteroatoms. The van der Waals surface area contributed by atoms with E-state index in [4.69, 9.17) is 19.9 Å². The average molecular weight is 421 g/mol. The number of ether oxygens (including phenoxy) is 3. The lowest BCUT2D eigenvalue weighted by molar-refractivity contribution is 0.214. The minimum atomic E-state index is -0.372. The van der Waals surface area contributed by atoms with E-state index >= 15 is 0 Å². The quantitative estimate of drug-likeness (QED) is 0.616. The van der Waals surface area contributed by atoms with Crippen LogP contribution in [0.25, 0.3) is 16.9 Å². The first-order valence-electron chi connectivity index (χ1n) is 10.6. The van der Waals surface area contributed by atoms with Crippen LogP contribution >= 0.6 is 0 Å². The Morgan fingerprint density at radius 1 is 1.26 bits per heavy atom. The van der Waals surface area contributed by atoms with E-state index in [0.717, 1.165) is 42.6 Å². The van der Waals surface area contributed by atoms with Gasteiger partial charge < -0.3 is 19.9 Å². The molecule has 1 saturated carbocycles. The van der Waals surface area contributed by atoms with Crippen molar-refractivity contribution in [2.24, 2.45) is 11.7 Å². The Kier molecular flexibility index (Phi) is 5.75. The predicted octanol–water partition coefficient (Wildman–Crippen LogP) is 4.18. The Labute approximate surface area is 182 Å². The second-order valence-electron chi connectivity index (χ2n) is 8.24. The summed E-state index contributed by atoms with van der Waals surface area (Å²) in [6.45, 7) is 2.56. The normalized spacial score (nSPS) is 20.5. The zero-order valence-electron chi connectivity index (χ0n) is 18.2. The van der Waals surface area contributed by atoms with Crippen LogP contribution in [0.2, 0.25) is 0 Å². The standard InChI is InChI=1S/C24H28N4O3/c1-4-16-8-9-24(26,12-16)15-31-21-11-17(10-20(29-2)18(21)13-25)19-14-27-22-6-5-7-23(30-3)28(19)22/h5-7,10-11,14,16H,4,8-9,12,15,26H2,1-3H3/t16-,24+/m1/s1. The summed E-state index contributed by atoms with van der Waals surface area (Å²) in [5.74, 6) is 2.21. The molecule has 1 fully saturated rings. The van der Waals surface area contributed by atoms with Crippen LogP contribution in [0.4, 0.5) is 0 Å². The van der Waals surface area contributed by atoms with Crippen molar-refractivity contribution in [3.05, 3.63) is 42.1 Å². The van der Waals surface area contributed by atoms with Crippen LogP contribution in [0.5, 0.6) is 17.4 Å². The number of nitrogens with zero attached hydrogens (tertiary/aromatic N) is 3. The zero-order valence-corrected chi connectivity index (χ0v) is 18.2. The summed E-state index contributed by atoms with van der Waals surface area (Å²) in [5.41, 5.74) is 8.99. The highest BCUT2D eigenvalue weighted by molar-refractivity contribution is 5.71. The van der Waals surface area contributed by atoms with Gasteiger partial charge in [0.1, 0.15) is 35.4 Å². The van der Waals surface area contributed by atoms with Crippen LogP contribution in [0.15, 0.2) is 36.5 Å². The summed E-state index contributed by atoms with van der Waals surface area (Å²) in [6, 6.07) is 11.6.